The second-order valence-electron chi connectivity index (χ2n) is 5.01. The van der Waals surface area contributed by atoms with Gasteiger partial charge in [0, 0.05) is 13.1 Å². The third-order valence-corrected chi connectivity index (χ3v) is 5.56. The van der Waals surface area contributed by atoms with Crippen molar-refractivity contribution in [2.45, 2.75) is 24.7 Å². The molecule has 1 fully saturated rings. The van der Waals surface area contributed by atoms with Crippen molar-refractivity contribution in [1.82, 2.24) is 4.31 Å². The fraction of sp³-hybridized carbons (Fsp3) is 0.462. The van der Waals surface area contributed by atoms with E-state index in [0.717, 1.165) is 6.07 Å². The molecule has 20 heavy (non-hydrogen) atoms. The van der Waals surface area contributed by atoms with E-state index in [0.29, 0.717) is 24.9 Å². The second-order valence-corrected chi connectivity index (χ2v) is 6.92. The van der Waals surface area contributed by atoms with E-state index in [1.54, 1.807) is 6.92 Å². The van der Waals surface area contributed by atoms with Gasteiger partial charge in [-0.25, -0.2) is 12.8 Å². The molecule has 1 aromatic rings. The number of carbonyl (C=O) groups excluding carboxylic acids is 1. The molecule has 1 atom stereocenters. The molecule has 1 aliphatic rings. The van der Waals surface area contributed by atoms with Crippen molar-refractivity contribution in [3.63, 3.8) is 0 Å². The fourth-order valence-corrected chi connectivity index (χ4v) is 4.14. The first-order valence-electron chi connectivity index (χ1n) is 6.38. The molecule has 0 unspecified atom stereocenters. The van der Waals surface area contributed by atoms with E-state index in [-0.39, 0.29) is 11.4 Å². The molecule has 0 aliphatic carbocycles. The Morgan fingerprint density at radius 2 is 2.15 bits per heavy atom. The quantitative estimate of drug-likeness (QED) is 0.905. The van der Waals surface area contributed by atoms with Crippen LogP contribution >= 0.6 is 0 Å². The van der Waals surface area contributed by atoms with Crippen LogP contribution in [0.5, 0.6) is 0 Å². The third-order valence-electron chi connectivity index (χ3n) is 3.55. The van der Waals surface area contributed by atoms with Crippen molar-refractivity contribution in [3.8, 4) is 0 Å². The van der Waals surface area contributed by atoms with Gasteiger partial charge in [0.05, 0.1) is 10.8 Å². The van der Waals surface area contributed by atoms with Crippen molar-refractivity contribution in [1.29, 1.82) is 0 Å². The Morgan fingerprint density at radius 3 is 2.80 bits per heavy atom. The second kappa shape index (κ2) is 5.49. The van der Waals surface area contributed by atoms with Crippen LogP contribution in [0.1, 0.15) is 18.4 Å². The van der Waals surface area contributed by atoms with E-state index >= 15 is 0 Å². The molecule has 1 aliphatic heterocycles. The van der Waals surface area contributed by atoms with E-state index in [1.807, 2.05) is 0 Å². The molecule has 2 rings (SSSR count). The van der Waals surface area contributed by atoms with Crippen molar-refractivity contribution in [2.75, 3.05) is 13.1 Å². The summed E-state index contributed by atoms with van der Waals surface area (Å²) in [6, 6.07) is 3.66. The molecule has 0 radical (unpaired) electrons. The molecule has 1 aromatic carbocycles. The van der Waals surface area contributed by atoms with Gasteiger partial charge in [-0.15, -0.1) is 0 Å². The number of amides is 1. The number of piperidine rings is 1. The van der Waals surface area contributed by atoms with Crippen LogP contribution in [0.2, 0.25) is 0 Å². The van der Waals surface area contributed by atoms with Gasteiger partial charge in [0.25, 0.3) is 0 Å². The van der Waals surface area contributed by atoms with E-state index in [1.165, 1.54) is 16.4 Å². The zero-order valence-electron chi connectivity index (χ0n) is 11.2. The fourth-order valence-electron chi connectivity index (χ4n) is 2.38. The number of carbonyl (C=O) groups is 1. The van der Waals surface area contributed by atoms with Crippen molar-refractivity contribution < 1.29 is 17.6 Å². The minimum Gasteiger partial charge on any atom is -0.369 e. The Morgan fingerprint density at radius 1 is 1.45 bits per heavy atom. The molecule has 2 N–H and O–H groups in total. The number of halogens is 1. The number of aryl methyl sites for hydroxylation is 1. The summed E-state index contributed by atoms with van der Waals surface area (Å²) < 4.78 is 39.6. The van der Waals surface area contributed by atoms with Crippen LogP contribution in [0.3, 0.4) is 0 Å². The van der Waals surface area contributed by atoms with Crippen molar-refractivity contribution >= 4 is 15.9 Å². The smallest absolute Gasteiger partial charge is 0.243 e. The summed E-state index contributed by atoms with van der Waals surface area (Å²) in [5.74, 6) is -1.58. The molecular formula is C13H17FN2O3S. The highest BCUT2D eigenvalue weighted by atomic mass is 32.2. The van der Waals surface area contributed by atoms with Crippen molar-refractivity contribution in [3.05, 3.63) is 29.6 Å². The van der Waals surface area contributed by atoms with Crippen LogP contribution < -0.4 is 5.73 Å². The predicted octanol–water partition coefficient (Wildman–Crippen LogP) is 1.02. The number of primary amides is 1. The van der Waals surface area contributed by atoms with Crippen LogP contribution in [0.4, 0.5) is 4.39 Å². The molecule has 110 valence electrons. The van der Waals surface area contributed by atoms with Gasteiger partial charge in [-0.05, 0) is 37.5 Å². The zero-order valence-corrected chi connectivity index (χ0v) is 12.0. The van der Waals surface area contributed by atoms with E-state index in [9.17, 15) is 17.6 Å². The van der Waals surface area contributed by atoms with Crippen LogP contribution in [0.15, 0.2) is 23.1 Å². The maximum Gasteiger partial charge on any atom is 0.243 e. The third kappa shape index (κ3) is 2.83. The number of rotatable bonds is 3. The van der Waals surface area contributed by atoms with E-state index in [2.05, 4.69) is 0 Å². The molecule has 0 bridgehead atoms. The Labute approximate surface area is 117 Å². The minimum absolute atomic E-state index is 0.0531. The van der Waals surface area contributed by atoms with Gasteiger partial charge in [0.15, 0.2) is 0 Å². The number of nitrogens with two attached hydrogens (primary N) is 1. The molecule has 1 saturated heterocycles. The molecule has 0 spiro atoms. The molecule has 7 heteroatoms. The number of hydrogen-bond acceptors (Lipinski definition) is 3. The van der Waals surface area contributed by atoms with Gasteiger partial charge >= 0.3 is 0 Å². The summed E-state index contributed by atoms with van der Waals surface area (Å²) in [5.41, 5.74) is 5.72. The lowest BCUT2D eigenvalue weighted by Crippen LogP contribution is -2.44. The first-order chi connectivity index (χ1) is 9.32. The topological polar surface area (TPSA) is 80.5 Å². The SMILES string of the molecule is Cc1ccc(F)cc1S(=O)(=O)N1CCC[C@@H](C(N)=O)C1. The lowest BCUT2D eigenvalue weighted by atomic mass is 9.99. The van der Waals surface area contributed by atoms with E-state index in [4.69, 9.17) is 5.73 Å². The summed E-state index contributed by atoms with van der Waals surface area (Å²) in [5, 5.41) is 0. The van der Waals surface area contributed by atoms with E-state index < -0.39 is 27.7 Å². The van der Waals surface area contributed by atoms with Gasteiger partial charge in [-0.3, -0.25) is 4.79 Å². The summed E-state index contributed by atoms with van der Waals surface area (Å²) >= 11 is 0. The van der Waals surface area contributed by atoms with Crippen LogP contribution in [0.25, 0.3) is 0 Å². The summed E-state index contributed by atoms with van der Waals surface area (Å²) in [4.78, 5) is 11.2. The molecular weight excluding hydrogens is 283 g/mol. The number of benzene rings is 1. The molecule has 0 aromatic heterocycles. The number of sulfonamides is 1. The van der Waals surface area contributed by atoms with Gasteiger partial charge in [0.2, 0.25) is 15.9 Å². The van der Waals surface area contributed by atoms with Crippen LogP contribution in [-0.2, 0) is 14.8 Å². The standard InChI is InChI=1S/C13H17FN2O3S/c1-9-4-5-11(14)7-12(9)20(18,19)16-6-2-3-10(8-16)13(15)17/h4-5,7,10H,2-3,6,8H2,1H3,(H2,15,17)/t10-/m1/s1. The maximum atomic E-state index is 13.3. The van der Waals surface area contributed by atoms with Gasteiger partial charge in [-0.1, -0.05) is 6.07 Å². The number of nitrogens with zero attached hydrogens (tertiary/aromatic N) is 1. The van der Waals surface area contributed by atoms with Gasteiger partial charge < -0.3 is 5.73 Å². The lowest BCUT2D eigenvalue weighted by Gasteiger charge is -2.30. The van der Waals surface area contributed by atoms with Crippen molar-refractivity contribution in [2.24, 2.45) is 11.7 Å². The first-order valence-corrected chi connectivity index (χ1v) is 7.82. The van der Waals surface area contributed by atoms with Gasteiger partial charge in [0.1, 0.15) is 5.82 Å². The monoisotopic (exact) mass is 300 g/mol. The highest BCUT2D eigenvalue weighted by Gasteiger charge is 2.33. The first kappa shape index (κ1) is 14.9. The largest absolute Gasteiger partial charge is 0.369 e. The average molecular weight is 300 g/mol. The maximum absolute atomic E-state index is 13.3. The molecule has 1 heterocycles. The predicted molar refractivity (Wildman–Crippen MR) is 71.8 cm³/mol. The lowest BCUT2D eigenvalue weighted by molar-refractivity contribution is -0.122. The van der Waals surface area contributed by atoms with Crippen LogP contribution in [-0.4, -0.2) is 31.7 Å². The highest BCUT2D eigenvalue weighted by molar-refractivity contribution is 7.89. The Balaban J connectivity index is 2.35. The van der Waals surface area contributed by atoms with Gasteiger partial charge in [-0.2, -0.15) is 4.31 Å². The summed E-state index contributed by atoms with van der Waals surface area (Å²) in [6.07, 6.45) is 1.16. The number of hydrogen-bond donors (Lipinski definition) is 1. The Bertz CT molecular complexity index is 631. The molecule has 0 saturated carbocycles. The zero-order chi connectivity index (χ0) is 14.9. The Kier molecular flexibility index (Phi) is 4.10. The normalized spacial score (nSPS) is 20.8. The molecule has 1 amide bonds. The Hall–Kier alpha value is -1.47. The molecule has 5 nitrogen and oxygen atoms in total. The minimum atomic E-state index is -3.80. The highest BCUT2D eigenvalue weighted by Crippen LogP contribution is 2.26. The van der Waals surface area contributed by atoms with Crippen LogP contribution in [0, 0.1) is 18.7 Å². The average Bonchev–Trinajstić information content (AvgIpc) is 2.41. The summed E-state index contributed by atoms with van der Waals surface area (Å²) in [6.45, 7) is 2.00. The summed E-state index contributed by atoms with van der Waals surface area (Å²) in [7, 11) is -3.80.